The lowest BCUT2D eigenvalue weighted by atomic mass is 9.85. The zero-order valence-corrected chi connectivity index (χ0v) is 11.3. The number of nitrogens with zero attached hydrogens (tertiary/aromatic N) is 3. The summed E-state index contributed by atoms with van der Waals surface area (Å²) in [6.07, 6.45) is 6.78. The van der Waals surface area contributed by atoms with Gasteiger partial charge in [-0.2, -0.15) is 9.61 Å². The van der Waals surface area contributed by atoms with Crippen molar-refractivity contribution < 1.29 is 5.11 Å². The van der Waals surface area contributed by atoms with Crippen LogP contribution in [0.4, 0.5) is 5.82 Å². The van der Waals surface area contributed by atoms with Crippen LogP contribution < -0.4 is 5.32 Å². The van der Waals surface area contributed by atoms with E-state index in [1.807, 2.05) is 19.1 Å². The molecule has 2 heterocycles. The highest BCUT2D eigenvalue weighted by atomic mass is 16.3. The van der Waals surface area contributed by atoms with Crippen LogP contribution >= 0.6 is 0 Å². The van der Waals surface area contributed by atoms with Crippen molar-refractivity contribution in [1.82, 2.24) is 14.6 Å². The monoisotopic (exact) mass is 260 g/mol. The van der Waals surface area contributed by atoms with Crippen molar-refractivity contribution in [2.45, 2.75) is 44.6 Å². The van der Waals surface area contributed by atoms with Gasteiger partial charge in [-0.3, -0.25) is 0 Å². The molecule has 0 atom stereocenters. The van der Waals surface area contributed by atoms with Gasteiger partial charge in [0.05, 0.1) is 5.60 Å². The smallest absolute Gasteiger partial charge is 0.157 e. The van der Waals surface area contributed by atoms with Crippen molar-refractivity contribution in [2.75, 3.05) is 11.9 Å². The summed E-state index contributed by atoms with van der Waals surface area (Å²) in [5, 5.41) is 18.1. The number of hydrogen-bond acceptors (Lipinski definition) is 4. The predicted octanol–water partition coefficient (Wildman–Crippen LogP) is 2.14. The second-order valence-corrected chi connectivity index (χ2v) is 5.59. The molecule has 0 radical (unpaired) electrons. The Morgan fingerprint density at radius 2 is 2.11 bits per heavy atom. The highest BCUT2D eigenvalue weighted by molar-refractivity contribution is 5.51. The highest BCUT2D eigenvalue weighted by Gasteiger charge is 2.29. The molecule has 1 aliphatic carbocycles. The molecule has 0 aromatic carbocycles. The maximum absolute atomic E-state index is 10.5. The number of anilines is 1. The zero-order chi connectivity index (χ0) is 13.3. The van der Waals surface area contributed by atoms with Crippen molar-refractivity contribution in [3.63, 3.8) is 0 Å². The number of aryl methyl sites for hydroxylation is 1. The van der Waals surface area contributed by atoms with Crippen LogP contribution in [0.1, 0.15) is 37.7 Å². The lowest BCUT2D eigenvalue weighted by Gasteiger charge is -2.32. The number of pyridine rings is 1. The van der Waals surface area contributed by atoms with E-state index in [0.717, 1.165) is 42.7 Å². The minimum Gasteiger partial charge on any atom is -0.388 e. The molecular formula is C14H20N4O. The quantitative estimate of drug-likeness (QED) is 0.887. The van der Waals surface area contributed by atoms with E-state index in [1.54, 1.807) is 10.8 Å². The molecule has 2 aromatic heterocycles. The van der Waals surface area contributed by atoms with Gasteiger partial charge in [-0.1, -0.05) is 19.3 Å². The molecule has 2 N–H and O–H groups in total. The molecule has 0 amide bonds. The average Bonchev–Trinajstić information content (AvgIpc) is 2.85. The summed E-state index contributed by atoms with van der Waals surface area (Å²) >= 11 is 0. The molecule has 19 heavy (non-hydrogen) atoms. The molecule has 1 saturated carbocycles. The van der Waals surface area contributed by atoms with Crippen molar-refractivity contribution in [2.24, 2.45) is 0 Å². The molecule has 0 unspecified atom stereocenters. The maximum Gasteiger partial charge on any atom is 0.157 e. The zero-order valence-electron chi connectivity index (χ0n) is 11.3. The lowest BCUT2D eigenvalue weighted by Crippen LogP contribution is -2.39. The molecule has 0 aliphatic heterocycles. The van der Waals surface area contributed by atoms with E-state index in [-0.39, 0.29) is 0 Å². The molecule has 0 bridgehead atoms. The van der Waals surface area contributed by atoms with Gasteiger partial charge in [-0.05, 0) is 37.5 Å². The Labute approximate surface area is 112 Å². The Balaban J connectivity index is 1.79. The van der Waals surface area contributed by atoms with Crippen LogP contribution in [-0.4, -0.2) is 31.9 Å². The number of rotatable bonds is 3. The second kappa shape index (κ2) is 4.81. The van der Waals surface area contributed by atoms with Gasteiger partial charge in [0.25, 0.3) is 0 Å². The van der Waals surface area contributed by atoms with E-state index in [1.165, 1.54) is 6.42 Å². The third kappa shape index (κ3) is 2.56. The van der Waals surface area contributed by atoms with E-state index in [4.69, 9.17) is 0 Å². The van der Waals surface area contributed by atoms with Crippen LogP contribution in [0.3, 0.4) is 0 Å². The topological polar surface area (TPSA) is 62.5 Å². The maximum atomic E-state index is 10.5. The van der Waals surface area contributed by atoms with Crippen molar-refractivity contribution in [3.8, 4) is 0 Å². The van der Waals surface area contributed by atoms with Crippen molar-refractivity contribution in [1.29, 1.82) is 0 Å². The summed E-state index contributed by atoms with van der Waals surface area (Å²) < 4.78 is 1.78. The Hall–Kier alpha value is -1.62. The third-order valence-corrected chi connectivity index (χ3v) is 3.91. The largest absolute Gasteiger partial charge is 0.388 e. The Morgan fingerprint density at radius 3 is 2.89 bits per heavy atom. The summed E-state index contributed by atoms with van der Waals surface area (Å²) in [5.74, 6) is 0.895. The van der Waals surface area contributed by atoms with Crippen LogP contribution in [0.2, 0.25) is 0 Å². The first-order valence-corrected chi connectivity index (χ1v) is 6.93. The first kappa shape index (κ1) is 12.4. The molecule has 1 fully saturated rings. The molecule has 5 heteroatoms. The van der Waals surface area contributed by atoms with E-state index in [0.29, 0.717) is 6.54 Å². The molecule has 102 valence electrons. The predicted molar refractivity (Wildman–Crippen MR) is 74.2 cm³/mol. The summed E-state index contributed by atoms with van der Waals surface area (Å²) in [6.45, 7) is 2.61. The SMILES string of the molecule is Cc1cc(NCC2(O)CCCCC2)n2ncnc2c1. The fraction of sp³-hybridized carbons (Fsp3) is 0.571. The Morgan fingerprint density at radius 1 is 1.32 bits per heavy atom. The number of aromatic nitrogens is 3. The summed E-state index contributed by atoms with van der Waals surface area (Å²) in [5.41, 5.74) is 1.39. The molecule has 0 spiro atoms. The Kier molecular flexibility index (Phi) is 3.14. The fourth-order valence-corrected chi connectivity index (χ4v) is 2.82. The first-order valence-electron chi connectivity index (χ1n) is 6.93. The van der Waals surface area contributed by atoms with Gasteiger partial charge in [0, 0.05) is 6.54 Å². The minimum atomic E-state index is -0.575. The van der Waals surface area contributed by atoms with Crippen LogP contribution in [0.15, 0.2) is 18.5 Å². The van der Waals surface area contributed by atoms with Gasteiger partial charge in [0.2, 0.25) is 0 Å². The van der Waals surface area contributed by atoms with Gasteiger partial charge in [0.1, 0.15) is 12.1 Å². The number of aliphatic hydroxyl groups is 1. The van der Waals surface area contributed by atoms with E-state index < -0.39 is 5.60 Å². The molecule has 2 aromatic rings. The Bertz CT molecular complexity index is 572. The number of fused-ring (bicyclic) bond motifs is 1. The van der Waals surface area contributed by atoms with Crippen LogP contribution in [0, 0.1) is 6.92 Å². The van der Waals surface area contributed by atoms with Gasteiger partial charge in [0.15, 0.2) is 5.65 Å². The standard InChI is InChI=1S/C14H20N4O/c1-11-7-12(18-13(8-11)16-10-17-18)15-9-14(19)5-3-2-4-6-14/h7-8,10,15,19H,2-6,9H2,1H3. The molecule has 1 aliphatic rings. The fourth-order valence-electron chi connectivity index (χ4n) is 2.82. The first-order chi connectivity index (χ1) is 9.16. The van der Waals surface area contributed by atoms with E-state index in [2.05, 4.69) is 15.4 Å². The van der Waals surface area contributed by atoms with Gasteiger partial charge < -0.3 is 10.4 Å². The number of nitrogens with one attached hydrogen (secondary N) is 1. The van der Waals surface area contributed by atoms with Crippen molar-refractivity contribution >= 4 is 11.5 Å². The molecule has 0 saturated heterocycles. The van der Waals surface area contributed by atoms with Crippen LogP contribution in [0.5, 0.6) is 0 Å². The summed E-state index contributed by atoms with van der Waals surface area (Å²) in [7, 11) is 0. The van der Waals surface area contributed by atoms with Crippen LogP contribution in [-0.2, 0) is 0 Å². The van der Waals surface area contributed by atoms with E-state index in [9.17, 15) is 5.11 Å². The van der Waals surface area contributed by atoms with Gasteiger partial charge in [-0.25, -0.2) is 4.98 Å². The molecule has 3 rings (SSSR count). The van der Waals surface area contributed by atoms with Crippen LogP contribution in [0.25, 0.3) is 5.65 Å². The van der Waals surface area contributed by atoms with Crippen molar-refractivity contribution in [3.05, 3.63) is 24.0 Å². The number of hydrogen-bond donors (Lipinski definition) is 2. The summed E-state index contributed by atoms with van der Waals surface area (Å²) in [6, 6.07) is 4.03. The lowest BCUT2D eigenvalue weighted by molar-refractivity contribution is 0.0166. The highest BCUT2D eigenvalue weighted by Crippen LogP contribution is 2.28. The van der Waals surface area contributed by atoms with E-state index >= 15 is 0 Å². The average molecular weight is 260 g/mol. The summed E-state index contributed by atoms with van der Waals surface area (Å²) in [4.78, 5) is 4.20. The third-order valence-electron chi connectivity index (χ3n) is 3.91. The molecular weight excluding hydrogens is 240 g/mol. The second-order valence-electron chi connectivity index (χ2n) is 5.59. The minimum absolute atomic E-state index is 0.575. The van der Waals surface area contributed by atoms with Gasteiger partial charge in [-0.15, -0.1) is 0 Å². The van der Waals surface area contributed by atoms with Gasteiger partial charge >= 0.3 is 0 Å². The normalized spacial score (nSPS) is 18.6. The molecule has 5 nitrogen and oxygen atoms in total.